The maximum absolute atomic E-state index is 13.7. The van der Waals surface area contributed by atoms with Gasteiger partial charge in [0.1, 0.15) is 5.82 Å². The summed E-state index contributed by atoms with van der Waals surface area (Å²) in [5, 5.41) is 3.26. The second-order valence-electron chi connectivity index (χ2n) is 8.08. The number of hydrogen-bond acceptors (Lipinski definition) is 2. The molecule has 27 heavy (non-hydrogen) atoms. The van der Waals surface area contributed by atoms with Crippen LogP contribution in [0.15, 0.2) is 42.5 Å². The van der Waals surface area contributed by atoms with Gasteiger partial charge in [0.15, 0.2) is 0 Å². The van der Waals surface area contributed by atoms with E-state index in [1.807, 2.05) is 18.2 Å². The Balaban J connectivity index is 1.96. The molecule has 0 spiro atoms. The lowest BCUT2D eigenvalue weighted by Crippen LogP contribution is -2.52. The minimum absolute atomic E-state index is 0.147. The van der Waals surface area contributed by atoms with Gasteiger partial charge in [0.05, 0.1) is 6.04 Å². The van der Waals surface area contributed by atoms with E-state index in [0.29, 0.717) is 16.7 Å². The number of hydrogen-bond donors (Lipinski definition) is 1. The van der Waals surface area contributed by atoms with Crippen LogP contribution in [0.25, 0.3) is 0 Å². The lowest BCUT2D eigenvalue weighted by molar-refractivity contribution is 0.0777. The molecule has 0 radical (unpaired) electrons. The van der Waals surface area contributed by atoms with Gasteiger partial charge in [-0.3, -0.25) is 9.69 Å². The number of rotatable bonds is 5. The number of aryl methyl sites for hydroxylation is 2. The first-order valence-electron chi connectivity index (χ1n) is 9.68. The number of carbonyl (C=O) groups is 1. The molecule has 2 aromatic rings. The largest absolute Gasteiger partial charge is 0.343 e. The van der Waals surface area contributed by atoms with Crippen LogP contribution in [0.4, 0.5) is 4.39 Å². The van der Waals surface area contributed by atoms with Crippen LogP contribution < -0.4 is 5.32 Å². The third-order valence-electron chi connectivity index (χ3n) is 5.76. The van der Waals surface area contributed by atoms with Crippen molar-refractivity contribution in [1.82, 2.24) is 10.2 Å². The van der Waals surface area contributed by atoms with Gasteiger partial charge in [-0.05, 0) is 82.4 Å². The fourth-order valence-electron chi connectivity index (χ4n) is 4.26. The van der Waals surface area contributed by atoms with Gasteiger partial charge in [-0.2, -0.15) is 0 Å². The zero-order valence-corrected chi connectivity index (χ0v) is 16.7. The number of benzene rings is 2. The van der Waals surface area contributed by atoms with Crippen molar-refractivity contribution in [3.8, 4) is 0 Å². The molecule has 144 valence electrons. The van der Waals surface area contributed by atoms with Crippen molar-refractivity contribution in [3.05, 3.63) is 70.5 Å². The molecule has 1 atom stereocenters. The van der Waals surface area contributed by atoms with Crippen LogP contribution in [0.5, 0.6) is 0 Å². The number of halogens is 1. The molecule has 1 fully saturated rings. The Hall–Kier alpha value is -2.20. The SMILES string of the molecule is Cc1cc(F)cc(C)c1C(=O)NC(c1ccccc1)C(C)(C)N1CCCC1. The van der Waals surface area contributed by atoms with Gasteiger partial charge < -0.3 is 5.32 Å². The van der Waals surface area contributed by atoms with Crippen LogP contribution >= 0.6 is 0 Å². The number of carbonyl (C=O) groups excluding carboxylic acids is 1. The topological polar surface area (TPSA) is 32.3 Å². The zero-order chi connectivity index (χ0) is 19.6. The molecular formula is C23H29FN2O. The highest BCUT2D eigenvalue weighted by Crippen LogP contribution is 2.34. The van der Waals surface area contributed by atoms with Gasteiger partial charge >= 0.3 is 0 Å². The van der Waals surface area contributed by atoms with Crippen molar-refractivity contribution >= 4 is 5.91 Å². The molecular weight excluding hydrogens is 339 g/mol. The molecule has 3 rings (SSSR count). The molecule has 0 saturated carbocycles. The molecule has 4 heteroatoms. The average molecular weight is 368 g/mol. The van der Waals surface area contributed by atoms with Crippen LogP contribution in [0.2, 0.25) is 0 Å². The highest BCUT2D eigenvalue weighted by atomic mass is 19.1. The standard InChI is InChI=1S/C23H29FN2O/c1-16-14-19(24)15-17(2)20(16)22(27)25-21(18-10-6-5-7-11-18)23(3,4)26-12-8-9-13-26/h5-7,10-11,14-15,21H,8-9,12-13H2,1-4H3,(H,25,27). The summed E-state index contributed by atoms with van der Waals surface area (Å²) in [6.07, 6.45) is 2.38. The number of likely N-dealkylation sites (tertiary alicyclic amines) is 1. The van der Waals surface area contributed by atoms with Crippen LogP contribution in [-0.4, -0.2) is 29.4 Å². The fraction of sp³-hybridized carbons (Fsp3) is 0.435. The Kier molecular flexibility index (Phi) is 5.66. The number of nitrogens with one attached hydrogen (secondary N) is 1. The summed E-state index contributed by atoms with van der Waals surface area (Å²) in [5.41, 5.74) is 2.75. The molecule has 1 saturated heterocycles. The van der Waals surface area contributed by atoms with Crippen molar-refractivity contribution in [1.29, 1.82) is 0 Å². The highest BCUT2D eigenvalue weighted by molar-refractivity contribution is 5.97. The van der Waals surface area contributed by atoms with Gasteiger partial charge in [0.2, 0.25) is 0 Å². The van der Waals surface area contributed by atoms with E-state index >= 15 is 0 Å². The van der Waals surface area contributed by atoms with E-state index < -0.39 is 0 Å². The van der Waals surface area contributed by atoms with E-state index in [1.54, 1.807) is 13.8 Å². The Morgan fingerprint density at radius 2 is 1.63 bits per heavy atom. The highest BCUT2D eigenvalue weighted by Gasteiger charge is 2.38. The normalized spacial score (nSPS) is 16.3. The van der Waals surface area contributed by atoms with Gasteiger partial charge in [-0.15, -0.1) is 0 Å². The molecule has 0 aromatic heterocycles. The summed E-state index contributed by atoms with van der Waals surface area (Å²) in [5.74, 6) is -0.454. The van der Waals surface area contributed by atoms with Crippen molar-refractivity contribution < 1.29 is 9.18 Å². The van der Waals surface area contributed by atoms with Crippen LogP contribution in [-0.2, 0) is 0 Å². The summed E-state index contributed by atoms with van der Waals surface area (Å²) in [6.45, 7) is 10.0. The quantitative estimate of drug-likeness (QED) is 0.823. The number of nitrogens with zero attached hydrogens (tertiary/aromatic N) is 1. The Labute approximate surface area is 161 Å². The average Bonchev–Trinajstić information content (AvgIpc) is 3.15. The molecule has 1 aliphatic rings. The Morgan fingerprint density at radius 3 is 2.19 bits per heavy atom. The minimum atomic E-state index is -0.307. The van der Waals surface area contributed by atoms with Crippen molar-refractivity contribution in [3.63, 3.8) is 0 Å². The molecule has 0 bridgehead atoms. The minimum Gasteiger partial charge on any atom is -0.343 e. The van der Waals surface area contributed by atoms with Gasteiger partial charge in [0.25, 0.3) is 5.91 Å². The maximum atomic E-state index is 13.7. The van der Waals surface area contributed by atoms with E-state index in [9.17, 15) is 9.18 Å². The first kappa shape index (κ1) is 19.6. The zero-order valence-electron chi connectivity index (χ0n) is 16.7. The lowest BCUT2D eigenvalue weighted by Gasteiger charge is -2.42. The monoisotopic (exact) mass is 368 g/mol. The predicted octanol–water partition coefficient (Wildman–Crippen LogP) is 4.79. The van der Waals surface area contributed by atoms with Crippen molar-refractivity contribution in [2.75, 3.05) is 13.1 Å². The van der Waals surface area contributed by atoms with E-state index in [1.165, 1.54) is 25.0 Å². The first-order valence-corrected chi connectivity index (χ1v) is 9.68. The van der Waals surface area contributed by atoms with Crippen LogP contribution in [0.1, 0.15) is 59.8 Å². The smallest absolute Gasteiger partial charge is 0.252 e. The van der Waals surface area contributed by atoms with Gasteiger partial charge in [-0.25, -0.2) is 4.39 Å². The predicted molar refractivity (Wildman–Crippen MR) is 107 cm³/mol. The summed E-state index contributed by atoms with van der Waals surface area (Å²) in [4.78, 5) is 15.6. The molecule has 0 aliphatic carbocycles. The van der Waals surface area contributed by atoms with Crippen molar-refractivity contribution in [2.45, 2.75) is 52.1 Å². The molecule has 1 N–H and O–H groups in total. The van der Waals surface area contributed by atoms with E-state index in [2.05, 4.69) is 36.2 Å². The van der Waals surface area contributed by atoms with E-state index in [4.69, 9.17) is 0 Å². The van der Waals surface area contributed by atoms with Crippen molar-refractivity contribution in [2.24, 2.45) is 0 Å². The summed E-state index contributed by atoms with van der Waals surface area (Å²) >= 11 is 0. The second-order valence-corrected chi connectivity index (χ2v) is 8.08. The van der Waals surface area contributed by atoms with E-state index in [-0.39, 0.29) is 23.3 Å². The molecule has 1 aliphatic heterocycles. The molecule has 1 heterocycles. The molecule has 1 amide bonds. The Morgan fingerprint density at radius 1 is 1.07 bits per heavy atom. The third-order valence-corrected chi connectivity index (χ3v) is 5.76. The second kappa shape index (κ2) is 7.81. The lowest BCUT2D eigenvalue weighted by atomic mass is 9.86. The van der Waals surface area contributed by atoms with Gasteiger partial charge in [-0.1, -0.05) is 30.3 Å². The summed E-state index contributed by atoms with van der Waals surface area (Å²) in [6, 6.07) is 12.8. The molecule has 3 nitrogen and oxygen atoms in total. The Bertz CT molecular complexity index is 787. The molecule has 1 unspecified atom stereocenters. The first-order chi connectivity index (χ1) is 12.8. The maximum Gasteiger partial charge on any atom is 0.252 e. The van der Waals surface area contributed by atoms with Crippen LogP contribution in [0.3, 0.4) is 0 Å². The van der Waals surface area contributed by atoms with Gasteiger partial charge in [0, 0.05) is 11.1 Å². The van der Waals surface area contributed by atoms with Crippen LogP contribution in [0, 0.1) is 19.7 Å². The number of amides is 1. The third kappa shape index (κ3) is 4.06. The van der Waals surface area contributed by atoms with E-state index in [0.717, 1.165) is 18.7 Å². The fourth-order valence-corrected chi connectivity index (χ4v) is 4.26. The summed E-state index contributed by atoms with van der Waals surface area (Å²) < 4.78 is 13.7. The summed E-state index contributed by atoms with van der Waals surface area (Å²) in [7, 11) is 0. The molecule has 2 aromatic carbocycles.